The van der Waals surface area contributed by atoms with Crippen LogP contribution in [0.4, 0.5) is 14.6 Å². The molecular weight excluding hydrogens is 518 g/mol. The van der Waals surface area contributed by atoms with Crippen molar-refractivity contribution in [3.63, 3.8) is 0 Å². The fourth-order valence-electron chi connectivity index (χ4n) is 4.95. The van der Waals surface area contributed by atoms with Gasteiger partial charge < -0.3 is 5.73 Å². The van der Waals surface area contributed by atoms with Crippen LogP contribution in [-0.4, -0.2) is 29.4 Å². The van der Waals surface area contributed by atoms with Crippen molar-refractivity contribution in [2.75, 3.05) is 12.0 Å². The van der Waals surface area contributed by atoms with Gasteiger partial charge in [0.25, 0.3) is 0 Å². The number of fused-ring (bicyclic) bond motifs is 2. The minimum atomic E-state index is -3.54. The summed E-state index contributed by atoms with van der Waals surface area (Å²) in [6, 6.07) is 21.2. The first-order valence-corrected chi connectivity index (χ1v) is 13.9. The lowest BCUT2D eigenvalue weighted by Gasteiger charge is -2.12. The average Bonchev–Trinajstić information content (AvgIpc) is 3.26. The van der Waals surface area contributed by atoms with Gasteiger partial charge in [-0.2, -0.15) is 5.10 Å². The van der Waals surface area contributed by atoms with Crippen LogP contribution >= 0.6 is 0 Å². The molecule has 0 radical (unpaired) electrons. The summed E-state index contributed by atoms with van der Waals surface area (Å²) in [6.45, 7) is 1.78. The van der Waals surface area contributed by atoms with Gasteiger partial charge in [-0.1, -0.05) is 48.5 Å². The molecule has 0 spiro atoms. The molecule has 2 aromatic heterocycles. The normalized spacial score (nSPS) is 11.9. The quantitative estimate of drug-likeness (QED) is 0.276. The van der Waals surface area contributed by atoms with Crippen LogP contribution < -0.4 is 5.73 Å². The minimum absolute atomic E-state index is 0.0485. The molecule has 6 rings (SSSR count). The molecular formula is C30H22F2N4O2S. The van der Waals surface area contributed by atoms with Crippen LogP contribution in [0.3, 0.4) is 0 Å². The predicted molar refractivity (Wildman–Crippen MR) is 149 cm³/mol. The molecule has 2 heterocycles. The number of hydrogen-bond acceptors (Lipinski definition) is 5. The van der Waals surface area contributed by atoms with E-state index in [-0.39, 0.29) is 21.5 Å². The summed E-state index contributed by atoms with van der Waals surface area (Å²) in [6.07, 6.45) is 2.73. The number of nitrogens with two attached hydrogens (primary N) is 1. The molecule has 0 fully saturated rings. The number of anilines is 1. The van der Waals surface area contributed by atoms with Crippen LogP contribution in [0.1, 0.15) is 5.69 Å². The molecule has 6 nitrogen and oxygen atoms in total. The summed E-state index contributed by atoms with van der Waals surface area (Å²) in [7, 11) is -3.54. The first-order valence-electron chi connectivity index (χ1n) is 12.1. The third-order valence-corrected chi connectivity index (χ3v) is 8.00. The summed E-state index contributed by atoms with van der Waals surface area (Å²) < 4.78 is 57.7. The van der Waals surface area contributed by atoms with Gasteiger partial charge in [-0.05, 0) is 48.2 Å². The van der Waals surface area contributed by atoms with Crippen LogP contribution in [0.15, 0.2) is 90.0 Å². The fourth-order valence-corrected chi connectivity index (χ4v) is 5.86. The highest BCUT2D eigenvalue weighted by Crippen LogP contribution is 2.36. The Morgan fingerprint density at radius 3 is 2.38 bits per heavy atom. The second kappa shape index (κ2) is 8.99. The van der Waals surface area contributed by atoms with Gasteiger partial charge in [0.1, 0.15) is 17.2 Å². The SMILES string of the molecule is Cc1nn(-c2ccc3ccnc(N)c3c2)c2c(F)c(-c3ccc(-c4ccccc4S(C)(=O)=O)cc3F)ccc12. The average molecular weight is 541 g/mol. The molecule has 2 N–H and O–H groups in total. The molecule has 0 bridgehead atoms. The number of hydrogen-bond donors (Lipinski definition) is 1. The van der Waals surface area contributed by atoms with Crippen molar-refractivity contribution < 1.29 is 17.2 Å². The summed E-state index contributed by atoms with van der Waals surface area (Å²) >= 11 is 0. The number of pyridine rings is 1. The van der Waals surface area contributed by atoms with Gasteiger partial charge in [-0.15, -0.1) is 0 Å². The van der Waals surface area contributed by atoms with Crippen molar-refractivity contribution in [1.29, 1.82) is 0 Å². The van der Waals surface area contributed by atoms with E-state index in [2.05, 4.69) is 10.1 Å². The lowest BCUT2D eigenvalue weighted by Crippen LogP contribution is -2.01. The van der Waals surface area contributed by atoms with E-state index in [1.165, 1.54) is 28.9 Å². The lowest BCUT2D eigenvalue weighted by atomic mass is 9.98. The summed E-state index contributed by atoms with van der Waals surface area (Å²) in [5.74, 6) is -0.958. The molecule has 9 heteroatoms. The van der Waals surface area contributed by atoms with E-state index >= 15 is 8.78 Å². The Labute approximate surface area is 223 Å². The third kappa shape index (κ3) is 4.11. The zero-order valence-corrected chi connectivity index (χ0v) is 21.8. The maximum atomic E-state index is 16.2. The van der Waals surface area contributed by atoms with Gasteiger partial charge in [0.05, 0.1) is 16.3 Å². The fraction of sp³-hybridized carbons (Fsp3) is 0.0667. The van der Waals surface area contributed by atoms with Gasteiger partial charge in [-0.25, -0.2) is 26.9 Å². The van der Waals surface area contributed by atoms with E-state index in [0.717, 1.165) is 11.6 Å². The van der Waals surface area contributed by atoms with Crippen LogP contribution in [0.5, 0.6) is 0 Å². The molecule has 39 heavy (non-hydrogen) atoms. The molecule has 0 unspecified atom stereocenters. The second-order valence-electron chi connectivity index (χ2n) is 9.39. The van der Waals surface area contributed by atoms with Crippen molar-refractivity contribution in [3.05, 3.63) is 102 Å². The molecule has 0 saturated carbocycles. The molecule has 0 atom stereocenters. The Hall–Kier alpha value is -4.63. The maximum Gasteiger partial charge on any atom is 0.176 e. The Kier molecular flexibility index (Phi) is 5.69. The van der Waals surface area contributed by atoms with Gasteiger partial charge >= 0.3 is 0 Å². The monoisotopic (exact) mass is 540 g/mol. The summed E-state index contributed by atoms with van der Waals surface area (Å²) in [5, 5.41) is 6.76. The predicted octanol–water partition coefficient (Wildman–Crippen LogP) is 6.48. The molecule has 0 saturated heterocycles. The van der Waals surface area contributed by atoms with E-state index < -0.39 is 21.5 Å². The molecule has 0 aliphatic rings. The molecule has 4 aromatic carbocycles. The molecule has 194 valence electrons. The number of sulfone groups is 1. The molecule has 0 amide bonds. The van der Waals surface area contributed by atoms with Crippen LogP contribution in [0.2, 0.25) is 0 Å². The van der Waals surface area contributed by atoms with E-state index in [1.807, 2.05) is 18.2 Å². The largest absolute Gasteiger partial charge is 0.383 e. The van der Waals surface area contributed by atoms with Crippen LogP contribution in [0, 0.1) is 18.6 Å². The lowest BCUT2D eigenvalue weighted by molar-refractivity contribution is 0.602. The minimum Gasteiger partial charge on any atom is -0.383 e. The third-order valence-electron chi connectivity index (χ3n) is 6.85. The van der Waals surface area contributed by atoms with Crippen molar-refractivity contribution in [1.82, 2.24) is 14.8 Å². The number of aromatic nitrogens is 3. The molecule has 6 aromatic rings. The number of benzene rings is 4. The van der Waals surface area contributed by atoms with Gasteiger partial charge in [-0.3, -0.25) is 0 Å². The van der Waals surface area contributed by atoms with Crippen LogP contribution in [-0.2, 0) is 9.84 Å². The summed E-state index contributed by atoms with van der Waals surface area (Å²) in [4.78, 5) is 4.23. The van der Waals surface area contributed by atoms with Gasteiger partial charge in [0.2, 0.25) is 0 Å². The van der Waals surface area contributed by atoms with Gasteiger partial charge in [0.15, 0.2) is 15.7 Å². The standard InChI is InChI=1S/C30H22F2N4O2S/c1-17-21-11-12-24(23-10-8-19(15-26(23)31)22-5-3-4-6-27(22)39(2,37)38)28(32)29(21)36(35-17)20-9-7-18-13-14-34-30(33)25(18)16-20/h3-16H,1-2H3,(H2,33,34). The van der Waals surface area contributed by atoms with E-state index in [9.17, 15) is 8.42 Å². The van der Waals surface area contributed by atoms with Crippen molar-refractivity contribution in [2.45, 2.75) is 11.8 Å². The number of nitrogens with zero attached hydrogens (tertiary/aromatic N) is 3. The highest BCUT2D eigenvalue weighted by atomic mass is 32.2. The van der Waals surface area contributed by atoms with E-state index in [0.29, 0.717) is 39.1 Å². The Morgan fingerprint density at radius 2 is 1.62 bits per heavy atom. The first-order chi connectivity index (χ1) is 18.6. The Bertz CT molecular complexity index is 2050. The molecule has 0 aliphatic carbocycles. The number of nitrogen functional groups attached to an aromatic ring is 1. The van der Waals surface area contributed by atoms with Crippen LogP contribution in [0.25, 0.3) is 49.6 Å². The van der Waals surface area contributed by atoms with Crippen molar-refractivity contribution in [3.8, 4) is 27.9 Å². The topological polar surface area (TPSA) is 90.9 Å². The van der Waals surface area contributed by atoms with E-state index in [4.69, 9.17) is 5.73 Å². The smallest absolute Gasteiger partial charge is 0.176 e. The highest BCUT2D eigenvalue weighted by Gasteiger charge is 2.21. The van der Waals surface area contributed by atoms with Crippen molar-refractivity contribution in [2.24, 2.45) is 0 Å². The Balaban J connectivity index is 1.51. The van der Waals surface area contributed by atoms with Crippen molar-refractivity contribution >= 4 is 37.3 Å². The maximum absolute atomic E-state index is 16.2. The van der Waals surface area contributed by atoms with E-state index in [1.54, 1.807) is 49.5 Å². The zero-order valence-electron chi connectivity index (χ0n) is 21.0. The number of aryl methyl sites for hydroxylation is 1. The number of rotatable bonds is 4. The summed E-state index contributed by atoms with van der Waals surface area (Å²) in [5.41, 5.74) is 8.33. The zero-order chi connectivity index (χ0) is 27.5. The molecule has 0 aliphatic heterocycles. The highest BCUT2D eigenvalue weighted by molar-refractivity contribution is 7.90. The van der Waals surface area contributed by atoms with Gasteiger partial charge in [0, 0.05) is 39.9 Å². The Morgan fingerprint density at radius 1 is 0.846 bits per heavy atom. The first kappa shape index (κ1) is 24.7. The number of halogens is 2. The second-order valence-corrected chi connectivity index (χ2v) is 11.4.